The molecule has 1 N–H and O–H groups in total. The number of ketones is 2. The first kappa shape index (κ1) is 8.03. The van der Waals surface area contributed by atoms with Crippen LogP contribution in [0.2, 0.25) is 0 Å². The number of rotatable bonds is 1. The standard InChI is InChI=1S/C6H4O4S/c7-5-2-1-4(11(9)10)3-6(5)8/h1-3H,(H,9,10). The Morgan fingerprint density at radius 3 is 2.27 bits per heavy atom. The predicted molar refractivity (Wildman–Crippen MR) is 38.0 cm³/mol. The van der Waals surface area contributed by atoms with Gasteiger partial charge in [-0.2, -0.15) is 0 Å². The molecule has 0 amide bonds. The molecule has 0 saturated carbocycles. The average Bonchev–Trinajstić information content (AvgIpc) is 1.94. The summed E-state index contributed by atoms with van der Waals surface area (Å²) < 4.78 is 18.8. The summed E-state index contributed by atoms with van der Waals surface area (Å²) in [5, 5.41) is 0. The molecule has 5 heteroatoms. The van der Waals surface area contributed by atoms with Crippen LogP contribution in [0.15, 0.2) is 23.1 Å². The highest BCUT2D eigenvalue weighted by atomic mass is 32.2. The van der Waals surface area contributed by atoms with Crippen LogP contribution in [-0.4, -0.2) is 20.3 Å². The summed E-state index contributed by atoms with van der Waals surface area (Å²) in [4.78, 5) is 21.0. The molecule has 0 heterocycles. The first-order valence-corrected chi connectivity index (χ1v) is 3.81. The minimum atomic E-state index is -2.19. The van der Waals surface area contributed by atoms with Crippen LogP contribution in [0.4, 0.5) is 0 Å². The van der Waals surface area contributed by atoms with Crippen LogP contribution in [0.5, 0.6) is 0 Å². The third-order valence-corrected chi connectivity index (χ3v) is 1.77. The van der Waals surface area contributed by atoms with E-state index in [1.54, 1.807) is 0 Å². The molecule has 1 aliphatic carbocycles. The van der Waals surface area contributed by atoms with E-state index < -0.39 is 22.6 Å². The number of carbonyl (C=O) groups is 2. The Labute approximate surface area is 64.9 Å². The van der Waals surface area contributed by atoms with Gasteiger partial charge >= 0.3 is 0 Å². The van der Waals surface area contributed by atoms with Gasteiger partial charge in [-0.15, -0.1) is 0 Å². The van der Waals surface area contributed by atoms with E-state index in [2.05, 4.69) is 0 Å². The Balaban J connectivity index is 2.98. The van der Waals surface area contributed by atoms with E-state index in [4.69, 9.17) is 4.55 Å². The van der Waals surface area contributed by atoms with Gasteiger partial charge in [-0.25, -0.2) is 4.21 Å². The van der Waals surface area contributed by atoms with Crippen LogP contribution in [0.3, 0.4) is 0 Å². The van der Waals surface area contributed by atoms with Crippen molar-refractivity contribution in [2.24, 2.45) is 0 Å². The van der Waals surface area contributed by atoms with E-state index in [-0.39, 0.29) is 4.91 Å². The quantitative estimate of drug-likeness (QED) is 0.338. The molecule has 0 fully saturated rings. The third kappa shape index (κ3) is 1.69. The topological polar surface area (TPSA) is 71.4 Å². The van der Waals surface area contributed by atoms with Crippen molar-refractivity contribution in [2.45, 2.75) is 0 Å². The molecular weight excluding hydrogens is 168 g/mol. The van der Waals surface area contributed by atoms with Gasteiger partial charge in [-0.05, 0) is 12.2 Å². The maximum Gasteiger partial charge on any atom is 0.226 e. The van der Waals surface area contributed by atoms with Gasteiger partial charge in [-0.1, -0.05) is 0 Å². The number of hydrogen-bond donors (Lipinski definition) is 1. The summed E-state index contributed by atoms with van der Waals surface area (Å²) in [6.07, 6.45) is 2.99. The Morgan fingerprint density at radius 2 is 1.82 bits per heavy atom. The molecule has 0 bridgehead atoms. The second-order valence-electron chi connectivity index (χ2n) is 1.86. The summed E-state index contributed by atoms with van der Waals surface area (Å²) in [6, 6.07) is 0. The highest BCUT2D eigenvalue weighted by Crippen LogP contribution is 2.06. The second-order valence-corrected chi connectivity index (χ2v) is 2.83. The largest absolute Gasteiger partial charge is 0.302 e. The minimum absolute atomic E-state index is 0.0467. The van der Waals surface area contributed by atoms with Gasteiger partial charge < -0.3 is 4.55 Å². The van der Waals surface area contributed by atoms with Crippen LogP contribution >= 0.6 is 0 Å². The highest BCUT2D eigenvalue weighted by Gasteiger charge is 2.15. The van der Waals surface area contributed by atoms with Crippen LogP contribution in [0.1, 0.15) is 0 Å². The zero-order chi connectivity index (χ0) is 8.43. The molecule has 4 nitrogen and oxygen atoms in total. The summed E-state index contributed by atoms with van der Waals surface area (Å²) in [5.41, 5.74) is 0. The Bertz CT molecular complexity index is 300. The minimum Gasteiger partial charge on any atom is -0.302 e. The lowest BCUT2D eigenvalue weighted by Gasteiger charge is -1.98. The van der Waals surface area contributed by atoms with Crippen molar-refractivity contribution in [3.63, 3.8) is 0 Å². The monoisotopic (exact) mass is 172 g/mol. The van der Waals surface area contributed by atoms with Gasteiger partial charge in [0, 0.05) is 6.08 Å². The predicted octanol–water partition coefficient (Wildman–Crippen LogP) is -0.200. The van der Waals surface area contributed by atoms with Crippen LogP contribution in [0, 0.1) is 0 Å². The van der Waals surface area contributed by atoms with E-state index in [1.807, 2.05) is 0 Å². The molecule has 1 rings (SSSR count). The fourth-order valence-electron chi connectivity index (χ4n) is 0.597. The third-order valence-electron chi connectivity index (χ3n) is 1.12. The maximum atomic E-state index is 10.6. The fraction of sp³-hybridized carbons (Fsp3) is 0. The Kier molecular flexibility index (Phi) is 2.11. The SMILES string of the molecule is O=C1C=CC(S(=O)O)=CC1=O. The van der Waals surface area contributed by atoms with Gasteiger partial charge in [0.15, 0.2) is 11.1 Å². The van der Waals surface area contributed by atoms with Crippen LogP contribution < -0.4 is 0 Å². The summed E-state index contributed by atoms with van der Waals surface area (Å²) in [7, 11) is 0. The molecule has 1 aliphatic rings. The molecular formula is C6H4O4S. The van der Waals surface area contributed by atoms with E-state index in [0.717, 1.165) is 18.2 Å². The molecule has 1 unspecified atom stereocenters. The van der Waals surface area contributed by atoms with Crippen molar-refractivity contribution < 1.29 is 18.4 Å². The lowest BCUT2D eigenvalue weighted by Crippen LogP contribution is -2.12. The van der Waals surface area contributed by atoms with Gasteiger partial charge in [-0.3, -0.25) is 9.59 Å². The van der Waals surface area contributed by atoms with Crippen molar-refractivity contribution in [3.05, 3.63) is 23.1 Å². The molecule has 0 aromatic rings. The van der Waals surface area contributed by atoms with Crippen molar-refractivity contribution in [1.82, 2.24) is 0 Å². The van der Waals surface area contributed by atoms with Crippen molar-refractivity contribution >= 4 is 22.6 Å². The number of hydrogen-bond acceptors (Lipinski definition) is 3. The molecule has 0 spiro atoms. The van der Waals surface area contributed by atoms with Crippen molar-refractivity contribution in [3.8, 4) is 0 Å². The van der Waals surface area contributed by atoms with E-state index in [1.165, 1.54) is 0 Å². The van der Waals surface area contributed by atoms with Crippen LogP contribution in [-0.2, 0) is 20.7 Å². The first-order valence-electron chi connectivity index (χ1n) is 2.70. The van der Waals surface area contributed by atoms with Crippen molar-refractivity contribution in [1.29, 1.82) is 0 Å². The molecule has 0 saturated heterocycles. The van der Waals surface area contributed by atoms with Gasteiger partial charge in [0.2, 0.25) is 11.6 Å². The lowest BCUT2D eigenvalue weighted by atomic mass is 10.1. The molecule has 0 aromatic heterocycles. The van der Waals surface area contributed by atoms with Gasteiger partial charge in [0.1, 0.15) is 0 Å². The van der Waals surface area contributed by atoms with Crippen molar-refractivity contribution in [2.75, 3.05) is 0 Å². The molecule has 11 heavy (non-hydrogen) atoms. The highest BCUT2D eigenvalue weighted by molar-refractivity contribution is 7.83. The molecule has 0 aromatic carbocycles. The average molecular weight is 172 g/mol. The molecule has 58 valence electrons. The number of allylic oxidation sites excluding steroid dienone is 3. The summed E-state index contributed by atoms with van der Waals surface area (Å²) in [6.45, 7) is 0. The van der Waals surface area contributed by atoms with Gasteiger partial charge in [0.05, 0.1) is 4.91 Å². The molecule has 0 aliphatic heterocycles. The Hall–Kier alpha value is -1.07. The fourth-order valence-corrected chi connectivity index (χ4v) is 0.989. The summed E-state index contributed by atoms with van der Waals surface area (Å²) in [5.74, 6) is -1.43. The van der Waals surface area contributed by atoms with E-state index >= 15 is 0 Å². The number of carbonyl (C=O) groups excluding carboxylic acids is 2. The normalized spacial score (nSPS) is 19.9. The van der Waals surface area contributed by atoms with E-state index in [9.17, 15) is 13.8 Å². The zero-order valence-corrected chi connectivity index (χ0v) is 6.13. The second kappa shape index (κ2) is 2.89. The summed E-state index contributed by atoms with van der Waals surface area (Å²) >= 11 is -2.19. The van der Waals surface area contributed by atoms with E-state index in [0.29, 0.717) is 0 Å². The van der Waals surface area contributed by atoms with Gasteiger partial charge in [0.25, 0.3) is 0 Å². The Morgan fingerprint density at radius 1 is 1.18 bits per heavy atom. The molecule has 1 atom stereocenters. The lowest BCUT2D eigenvalue weighted by molar-refractivity contribution is -0.131. The smallest absolute Gasteiger partial charge is 0.226 e. The first-order chi connectivity index (χ1) is 5.11. The molecule has 0 radical (unpaired) electrons. The maximum absolute atomic E-state index is 10.6. The zero-order valence-electron chi connectivity index (χ0n) is 5.31. The van der Waals surface area contributed by atoms with Crippen LogP contribution in [0.25, 0.3) is 0 Å².